The van der Waals surface area contributed by atoms with Crippen LogP contribution in [-0.2, 0) is 4.74 Å². The van der Waals surface area contributed by atoms with Crippen LogP contribution < -0.4 is 16.2 Å². The number of anilines is 2. The molecule has 0 atom stereocenters. The van der Waals surface area contributed by atoms with Crippen molar-refractivity contribution in [1.29, 1.82) is 0 Å². The third-order valence-corrected chi connectivity index (χ3v) is 1.90. The molecule has 1 aromatic rings. The fourth-order valence-corrected chi connectivity index (χ4v) is 1.17. The van der Waals surface area contributed by atoms with Gasteiger partial charge in [-0.3, -0.25) is 0 Å². The highest BCUT2D eigenvalue weighted by atomic mass is 19.3. The largest absolute Gasteiger partial charge is 0.462 e. The lowest BCUT2D eigenvalue weighted by molar-refractivity contribution is -0.0503. The quantitative estimate of drug-likeness (QED) is 0.622. The standard InChI is InChI=1S/C10H12F2N2O3/c1-2-16-9(15)5-3-6(13)7(14)4-8(5)17-10(11)12/h3-4,10H,2,13-14H2,1H3. The van der Waals surface area contributed by atoms with Gasteiger partial charge in [0.05, 0.1) is 18.0 Å². The Morgan fingerprint density at radius 2 is 1.94 bits per heavy atom. The van der Waals surface area contributed by atoms with E-state index < -0.39 is 12.6 Å². The van der Waals surface area contributed by atoms with E-state index in [4.69, 9.17) is 11.5 Å². The third kappa shape index (κ3) is 3.20. The van der Waals surface area contributed by atoms with Gasteiger partial charge in [0, 0.05) is 6.07 Å². The highest BCUT2D eigenvalue weighted by Crippen LogP contribution is 2.29. The van der Waals surface area contributed by atoms with Crippen molar-refractivity contribution in [3.05, 3.63) is 17.7 Å². The summed E-state index contributed by atoms with van der Waals surface area (Å²) in [7, 11) is 0. The Morgan fingerprint density at radius 3 is 2.47 bits per heavy atom. The molecule has 0 radical (unpaired) electrons. The number of hydrogen-bond donors (Lipinski definition) is 2. The van der Waals surface area contributed by atoms with Crippen LogP contribution in [0.2, 0.25) is 0 Å². The average Bonchev–Trinajstić information content (AvgIpc) is 2.22. The summed E-state index contributed by atoms with van der Waals surface area (Å²) in [4.78, 5) is 11.5. The number of rotatable bonds is 4. The van der Waals surface area contributed by atoms with E-state index in [-0.39, 0.29) is 29.3 Å². The maximum atomic E-state index is 12.1. The lowest BCUT2D eigenvalue weighted by Gasteiger charge is -2.12. The maximum absolute atomic E-state index is 12.1. The average molecular weight is 246 g/mol. The predicted molar refractivity (Wildman–Crippen MR) is 57.9 cm³/mol. The molecule has 0 saturated heterocycles. The Morgan fingerprint density at radius 1 is 1.35 bits per heavy atom. The van der Waals surface area contributed by atoms with E-state index >= 15 is 0 Å². The number of nitrogen functional groups attached to an aromatic ring is 2. The maximum Gasteiger partial charge on any atom is 0.387 e. The Kier molecular flexibility index (Phi) is 4.08. The first-order valence-corrected chi connectivity index (χ1v) is 4.76. The number of carbonyl (C=O) groups is 1. The molecule has 0 fully saturated rings. The van der Waals surface area contributed by atoms with Crippen molar-refractivity contribution in [3.63, 3.8) is 0 Å². The Labute approximate surface area is 96.3 Å². The highest BCUT2D eigenvalue weighted by Gasteiger charge is 2.18. The fourth-order valence-electron chi connectivity index (χ4n) is 1.17. The topological polar surface area (TPSA) is 87.6 Å². The van der Waals surface area contributed by atoms with Gasteiger partial charge in [0.25, 0.3) is 0 Å². The van der Waals surface area contributed by atoms with Crippen molar-refractivity contribution < 1.29 is 23.0 Å². The van der Waals surface area contributed by atoms with E-state index in [1.807, 2.05) is 0 Å². The molecule has 0 aliphatic heterocycles. The SMILES string of the molecule is CCOC(=O)c1cc(N)c(N)cc1OC(F)F. The highest BCUT2D eigenvalue weighted by molar-refractivity contribution is 5.95. The fraction of sp³-hybridized carbons (Fsp3) is 0.300. The van der Waals surface area contributed by atoms with Crippen LogP contribution in [0.1, 0.15) is 17.3 Å². The molecular formula is C10H12F2N2O3. The number of benzene rings is 1. The van der Waals surface area contributed by atoms with Crippen LogP contribution in [0.3, 0.4) is 0 Å². The van der Waals surface area contributed by atoms with Gasteiger partial charge in [-0.05, 0) is 13.0 Å². The second-order valence-corrected chi connectivity index (χ2v) is 3.08. The van der Waals surface area contributed by atoms with E-state index in [1.165, 1.54) is 0 Å². The number of hydrogen-bond acceptors (Lipinski definition) is 5. The second kappa shape index (κ2) is 5.33. The molecule has 1 aromatic carbocycles. The van der Waals surface area contributed by atoms with Crippen LogP contribution in [0.25, 0.3) is 0 Å². The number of nitrogens with two attached hydrogens (primary N) is 2. The predicted octanol–water partition coefficient (Wildman–Crippen LogP) is 1.63. The monoisotopic (exact) mass is 246 g/mol. The van der Waals surface area contributed by atoms with Crippen molar-refractivity contribution in [2.45, 2.75) is 13.5 Å². The lowest BCUT2D eigenvalue weighted by Crippen LogP contribution is -2.12. The first kappa shape index (κ1) is 13.0. The molecular weight excluding hydrogens is 234 g/mol. The van der Waals surface area contributed by atoms with Crippen LogP contribution in [0.4, 0.5) is 20.2 Å². The van der Waals surface area contributed by atoms with Gasteiger partial charge in [0.2, 0.25) is 0 Å². The van der Waals surface area contributed by atoms with E-state index in [1.54, 1.807) is 6.92 Å². The van der Waals surface area contributed by atoms with Crippen molar-refractivity contribution >= 4 is 17.3 Å². The van der Waals surface area contributed by atoms with E-state index in [0.29, 0.717) is 0 Å². The van der Waals surface area contributed by atoms with Gasteiger partial charge >= 0.3 is 12.6 Å². The van der Waals surface area contributed by atoms with Gasteiger partial charge in [-0.15, -0.1) is 0 Å². The summed E-state index contributed by atoms with van der Waals surface area (Å²) in [6, 6.07) is 2.21. The van der Waals surface area contributed by atoms with Gasteiger partial charge in [-0.2, -0.15) is 8.78 Å². The molecule has 5 nitrogen and oxygen atoms in total. The van der Waals surface area contributed by atoms with Gasteiger partial charge in [0.1, 0.15) is 11.3 Å². The molecule has 94 valence electrons. The summed E-state index contributed by atoms with van der Waals surface area (Å²) >= 11 is 0. The summed E-state index contributed by atoms with van der Waals surface area (Å²) < 4.78 is 33.1. The van der Waals surface area contributed by atoms with Crippen LogP contribution in [0, 0.1) is 0 Å². The van der Waals surface area contributed by atoms with Crippen molar-refractivity contribution in [1.82, 2.24) is 0 Å². The summed E-state index contributed by atoms with van der Waals surface area (Å²) in [6.07, 6.45) is 0. The Balaban J connectivity index is 3.15. The zero-order valence-corrected chi connectivity index (χ0v) is 9.07. The lowest BCUT2D eigenvalue weighted by atomic mass is 10.1. The number of ether oxygens (including phenoxy) is 2. The molecule has 0 spiro atoms. The molecule has 0 aliphatic rings. The molecule has 0 amide bonds. The molecule has 0 aromatic heterocycles. The van der Waals surface area contributed by atoms with Crippen LogP contribution in [0.5, 0.6) is 5.75 Å². The van der Waals surface area contributed by atoms with Crippen LogP contribution in [0.15, 0.2) is 12.1 Å². The molecule has 0 heterocycles. The Bertz CT molecular complexity index is 424. The summed E-state index contributed by atoms with van der Waals surface area (Å²) in [5.74, 6) is -1.15. The zero-order chi connectivity index (χ0) is 13.0. The molecule has 0 aliphatic carbocycles. The van der Waals surface area contributed by atoms with Gasteiger partial charge in [-0.25, -0.2) is 4.79 Å². The molecule has 0 unspecified atom stereocenters. The molecule has 17 heavy (non-hydrogen) atoms. The van der Waals surface area contributed by atoms with Crippen molar-refractivity contribution in [2.75, 3.05) is 18.1 Å². The smallest absolute Gasteiger partial charge is 0.387 e. The van der Waals surface area contributed by atoms with E-state index in [2.05, 4.69) is 9.47 Å². The summed E-state index contributed by atoms with van der Waals surface area (Å²) in [5.41, 5.74) is 10.9. The number of carbonyl (C=O) groups excluding carboxylic acids is 1. The number of alkyl halides is 2. The number of esters is 1. The molecule has 1 rings (SSSR count). The van der Waals surface area contributed by atoms with E-state index in [9.17, 15) is 13.6 Å². The summed E-state index contributed by atoms with van der Waals surface area (Å²) in [5, 5.41) is 0. The van der Waals surface area contributed by atoms with Crippen LogP contribution in [-0.4, -0.2) is 19.2 Å². The molecule has 0 saturated carbocycles. The van der Waals surface area contributed by atoms with Crippen LogP contribution >= 0.6 is 0 Å². The minimum Gasteiger partial charge on any atom is -0.462 e. The first-order valence-electron chi connectivity index (χ1n) is 4.76. The normalized spacial score (nSPS) is 10.4. The second-order valence-electron chi connectivity index (χ2n) is 3.08. The van der Waals surface area contributed by atoms with E-state index in [0.717, 1.165) is 12.1 Å². The molecule has 7 heteroatoms. The zero-order valence-electron chi connectivity index (χ0n) is 9.07. The third-order valence-electron chi connectivity index (χ3n) is 1.90. The van der Waals surface area contributed by atoms with Crippen molar-refractivity contribution in [3.8, 4) is 5.75 Å². The van der Waals surface area contributed by atoms with Crippen molar-refractivity contribution in [2.24, 2.45) is 0 Å². The van der Waals surface area contributed by atoms with Gasteiger partial charge in [-0.1, -0.05) is 0 Å². The van der Waals surface area contributed by atoms with Gasteiger partial charge in [0.15, 0.2) is 0 Å². The minimum absolute atomic E-state index is 0.0497. The molecule has 0 bridgehead atoms. The first-order chi connectivity index (χ1) is 7.95. The Hall–Kier alpha value is -2.05. The minimum atomic E-state index is -3.06. The van der Waals surface area contributed by atoms with Gasteiger partial charge < -0.3 is 20.9 Å². The summed E-state index contributed by atoms with van der Waals surface area (Å²) in [6.45, 7) is -1.37. The molecule has 4 N–H and O–H groups in total. The number of halogens is 2.